The zero-order chi connectivity index (χ0) is 11.6. The zero-order valence-corrected chi connectivity index (χ0v) is 9.61. The Morgan fingerprint density at radius 3 is 2.73 bits per heavy atom. The maximum Gasteiger partial charge on any atom is 0.170 e. The van der Waals surface area contributed by atoms with Crippen molar-refractivity contribution in [3.8, 4) is 5.75 Å². The molecule has 1 aromatic rings. The van der Waals surface area contributed by atoms with Crippen LogP contribution in [0.5, 0.6) is 5.75 Å². The van der Waals surface area contributed by atoms with Gasteiger partial charge in [-0.05, 0) is 36.9 Å². The summed E-state index contributed by atoms with van der Waals surface area (Å²) in [6.45, 7) is 4.10. The first-order valence-corrected chi connectivity index (χ1v) is 5.24. The highest BCUT2D eigenvalue weighted by Gasteiger charge is 2.18. The van der Waals surface area contributed by atoms with Crippen molar-refractivity contribution in [2.24, 2.45) is 5.73 Å². The molecule has 1 unspecified atom stereocenters. The first kappa shape index (κ1) is 12.3. The van der Waals surface area contributed by atoms with E-state index in [2.05, 4.69) is 0 Å². The molecule has 0 saturated carbocycles. The third-order valence-electron chi connectivity index (χ3n) is 2.52. The zero-order valence-electron chi connectivity index (χ0n) is 8.85. The number of phenols is 1. The SMILES string of the molecule is Cc1cc(C(C)CCN)c(F)c(O)c1Cl. The van der Waals surface area contributed by atoms with E-state index in [9.17, 15) is 9.50 Å². The predicted molar refractivity (Wildman–Crippen MR) is 59.9 cm³/mol. The Bertz CT molecular complexity index is 368. The lowest BCUT2D eigenvalue weighted by Crippen LogP contribution is -2.06. The summed E-state index contributed by atoms with van der Waals surface area (Å²) in [5, 5.41) is 9.53. The highest BCUT2D eigenvalue weighted by molar-refractivity contribution is 6.32. The molecule has 0 spiro atoms. The molecule has 0 aliphatic rings. The van der Waals surface area contributed by atoms with Gasteiger partial charge in [-0.2, -0.15) is 0 Å². The van der Waals surface area contributed by atoms with Crippen molar-refractivity contribution < 1.29 is 9.50 Å². The molecule has 4 heteroatoms. The van der Waals surface area contributed by atoms with Crippen LogP contribution in [0.25, 0.3) is 0 Å². The molecule has 0 radical (unpaired) electrons. The van der Waals surface area contributed by atoms with Gasteiger partial charge in [0.05, 0.1) is 5.02 Å². The maximum absolute atomic E-state index is 13.6. The van der Waals surface area contributed by atoms with Gasteiger partial charge in [-0.1, -0.05) is 24.6 Å². The molecule has 0 heterocycles. The van der Waals surface area contributed by atoms with Gasteiger partial charge in [-0.3, -0.25) is 0 Å². The second-order valence-corrected chi connectivity index (χ2v) is 4.12. The molecule has 0 aromatic heterocycles. The Hall–Kier alpha value is -0.800. The molecule has 1 atom stereocenters. The Balaban J connectivity index is 3.19. The second kappa shape index (κ2) is 4.81. The van der Waals surface area contributed by atoms with Gasteiger partial charge in [0.2, 0.25) is 0 Å². The fourth-order valence-electron chi connectivity index (χ4n) is 1.54. The van der Waals surface area contributed by atoms with Crippen LogP contribution in [0.3, 0.4) is 0 Å². The minimum Gasteiger partial charge on any atom is -0.504 e. The van der Waals surface area contributed by atoms with E-state index in [4.69, 9.17) is 17.3 Å². The van der Waals surface area contributed by atoms with E-state index in [1.807, 2.05) is 6.92 Å². The van der Waals surface area contributed by atoms with Crippen LogP contribution in [0.1, 0.15) is 30.4 Å². The Kier molecular flexibility index (Phi) is 3.94. The van der Waals surface area contributed by atoms with Gasteiger partial charge in [-0.15, -0.1) is 0 Å². The number of aromatic hydroxyl groups is 1. The number of halogens is 2. The normalized spacial score (nSPS) is 12.9. The Morgan fingerprint density at radius 2 is 2.20 bits per heavy atom. The molecular weight excluding hydrogens is 217 g/mol. The van der Waals surface area contributed by atoms with Crippen molar-refractivity contribution in [1.29, 1.82) is 0 Å². The summed E-state index contributed by atoms with van der Waals surface area (Å²) < 4.78 is 13.6. The van der Waals surface area contributed by atoms with Crippen LogP contribution in [-0.4, -0.2) is 11.7 Å². The summed E-state index contributed by atoms with van der Waals surface area (Å²) in [6, 6.07) is 1.66. The van der Waals surface area contributed by atoms with E-state index < -0.39 is 11.6 Å². The lowest BCUT2D eigenvalue weighted by molar-refractivity contribution is 0.424. The average Bonchev–Trinajstić information content (AvgIpc) is 2.20. The van der Waals surface area contributed by atoms with Gasteiger partial charge >= 0.3 is 0 Å². The van der Waals surface area contributed by atoms with E-state index in [0.29, 0.717) is 24.1 Å². The molecule has 84 valence electrons. The van der Waals surface area contributed by atoms with Crippen LogP contribution in [0, 0.1) is 12.7 Å². The first-order valence-electron chi connectivity index (χ1n) is 4.86. The monoisotopic (exact) mass is 231 g/mol. The molecule has 0 aliphatic heterocycles. The number of aryl methyl sites for hydroxylation is 1. The molecule has 3 N–H and O–H groups in total. The number of hydrogen-bond acceptors (Lipinski definition) is 2. The van der Waals surface area contributed by atoms with Gasteiger partial charge in [0.1, 0.15) is 0 Å². The first-order chi connectivity index (χ1) is 6.99. The summed E-state index contributed by atoms with van der Waals surface area (Å²) >= 11 is 5.72. The number of nitrogens with two attached hydrogens (primary N) is 1. The number of phenolic OH excluding ortho intramolecular Hbond substituents is 1. The van der Waals surface area contributed by atoms with Crippen LogP contribution < -0.4 is 5.73 Å². The average molecular weight is 232 g/mol. The van der Waals surface area contributed by atoms with Crippen LogP contribution in [0.2, 0.25) is 5.02 Å². The van der Waals surface area contributed by atoms with E-state index >= 15 is 0 Å². The fourth-order valence-corrected chi connectivity index (χ4v) is 1.68. The molecule has 0 aliphatic carbocycles. The third-order valence-corrected chi connectivity index (χ3v) is 3.00. The lowest BCUT2D eigenvalue weighted by Gasteiger charge is -2.14. The summed E-state index contributed by atoms with van der Waals surface area (Å²) in [6.07, 6.45) is 0.678. The van der Waals surface area contributed by atoms with Gasteiger partial charge in [-0.25, -0.2) is 4.39 Å². The van der Waals surface area contributed by atoms with Crippen molar-refractivity contribution in [1.82, 2.24) is 0 Å². The van der Waals surface area contributed by atoms with E-state index in [-0.39, 0.29) is 10.9 Å². The predicted octanol–water partition coefficient (Wildman–Crippen LogP) is 2.95. The fraction of sp³-hybridized carbons (Fsp3) is 0.455. The van der Waals surface area contributed by atoms with Gasteiger partial charge < -0.3 is 10.8 Å². The molecule has 0 saturated heterocycles. The van der Waals surface area contributed by atoms with E-state index in [1.165, 1.54) is 0 Å². The van der Waals surface area contributed by atoms with Crippen LogP contribution in [0.4, 0.5) is 4.39 Å². The number of rotatable bonds is 3. The minimum atomic E-state index is -0.633. The van der Waals surface area contributed by atoms with Crippen molar-refractivity contribution >= 4 is 11.6 Å². The molecule has 1 rings (SSSR count). The Labute approximate surface area is 93.9 Å². The van der Waals surface area contributed by atoms with Crippen LogP contribution in [0.15, 0.2) is 6.07 Å². The molecule has 0 fully saturated rings. The van der Waals surface area contributed by atoms with E-state index in [0.717, 1.165) is 0 Å². The molecule has 1 aromatic carbocycles. The largest absolute Gasteiger partial charge is 0.504 e. The summed E-state index contributed by atoms with van der Waals surface area (Å²) in [7, 11) is 0. The molecule has 15 heavy (non-hydrogen) atoms. The maximum atomic E-state index is 13.6. The number of benzene rings is 1. The number of hydrogen-bond donors (Lipinski definition) is 2. The highest BCUT2D eigenvalue weighted by atomic mass is 35.5. The molecule has 0 amide bonds. The van der Waals surface area contributed by atoms with Crippen LogP contribution in [-0.2, 0) is 0 Å². The molecule has 0 bridgehead atoms. The van der Waals surface area contributed by atoms with Crippen molar-refractivity contribution in [2.75, 3.05) is 6.54 Å². The van der Waals surface area contributed by atoms with E-state index in [1.54, 1.807) is 13.0 Å². The van der Waals surface area contributed by atoms with Crippen molar-refractivity contribution in [2.45, 2.75) is 26.2 Å². The third kappa shape index (κ3) is 2.41. The van der Waals surface area contributed by atoms with Gasteiger partial charge in [0, 0.05) is 0 Å². The lowest BCUT2D eigenvalue weighted by atomic mass is 9.95. The standard InChI is InChI=1S/C11H15ClFNO/c1-6(3-4-14)8-5-7(2)9(12)11(15)10(8)13/h5-6,15H,3-4,14H2,1-2H3. The quantitative estimate of drug-likeness (QED) is 0.840. The summed E-state index contributed by atoms with van der Waals surface area (Å²) in [4.78, 5) is 0. The second-order valence-electron chi connectivity index (χ2n) is 3.74. The summed E-state index contributed by atoms with van der Waals surface area (Å²) in [5.41, 5.74) is 6.56. The molecular formula is C11H15ClFNO. The van der Waals surface area contributed by atoms with Gasteiger partial charge in [0.25, 0.3) is 0 Å². The highest BCUT2D eigenvalue weighted by Crippen LogP contribution is 2.35. The van der Waals surface area contributed by atoms with Gasteiger partial charge in [0.15, 0.2) is 11.6 Å². The minimum absolute atomic E-state index is 0.0168. The van der Waals surface area contributed by atoms with Crippen molar-refractivity contribution in [3.63, 3.8) is 0 Å². The summed E-state index contributed by atoms with van der Waals surface area (Å²) in [5.74, 6) is -1.11. The Morgan fingerprint density at radius 1 is 1.60 bits per heavy atom. The molecule has 2 nitrogen and oxygen atoms in total. The van der Waals surface area contributed by atoms with Crippen molar-refractivity contribution in [3.05, 3.63) is 28.0 Å². The smallest absolute Gasteiger partial charge is 0.170 e. The topological polar surface area (TPSA) is 46.2 Å². The van der Waals surface area contributed by atoms with Crippen LogP contribution >= 0.6 is 11.6 Å².